The number of nitrogens with two attached hydrogens (primary N) is 1. The van der Waals surface area contributed by atoms with E-state index in [9.17, 15) is 5.11 Å². The summed E-state index contributed by atoms with van der Waals surface area (Å²) in [5.41, 5.74) is 6.15. The van der Waals surface area contributed by atoms with Gasteiger partial charge in [0.15, 0.2) is 11.5 Å². The van der Waals surface area contributed by atoms with Crippen molar-refractivity contribution >= 4 is 11.6 Å². The summed E-state index contributed by atoms with van der Waals surface area (Å²) in [5, 5.41) is 10.2. The molecule has 0 aromatic heterocycles. The molecule has 5 heteroatoms. The van der Waals surface area contributed by atoms with Crippen LogP contribution in [0.25, 0.3) is 0 Å². The van der Waals surface area contributed by atoms with Gasteiger partial charge in [0.1, 0.15) is 5.75 Å². The summed E-state index contributed by atoms with van der Waals surface area (Å²) in [6.45, 7) is 0.819. The molecule has 88 valence electrons. The van der Waals surface area contributed by atoms with Crippen LogP contribution < -0.4 is 15.2 Å². The molecule has 0 bridgehead atoms. The van der Waals surface area contributed by atoms with Crippen LogP contribution in [0.5, 0.6) is 17.2 Å². The monoisotopic (exact) mass is 243 g/mol. The highest BCUT2D eigenvalue weighted by molar-refractivity contribution is 6.32. The quantitative estimate of drug-likeness (QED) is 0.795. The smallest absolute Gasteiger partial charge is 0.231 e. The van der Waals surface area contributed by atoms with Crippen molar-refractivity contribution in [2.75, 3.05) is 13.3 Å². The molecule has 0 spiro atoms. The van der Waals surface area contributed by atoms with Gasteiger partial charge in [0.05, 0.1) is 5.02 Å². The van der Waals surface area contributed by atoms with Gasteiger partial charge in [0.25, 0.3) is 0 Å². The number of fused-ring (bicyclic) bond motifs is 1. The van der Waals surface area contributed by atoms with Gasteiger partial charge < -0.3 is 20.3 Å². The van der Waals surface area contributed by atoms with Crippen molar-refractivity contribution < 1.29 is 14.6 Å². The minimum atomic E-state index is 0.0861. The predicted molar refractivity (Wildman–Crippen MR) is 61.2 cm³/mol. The fourth-order valence-electron chi connectivity index (χ4n) is 1.74. The van der Waals surface area contributed by atoms with Crippen molar-refractivity contribution in [1.29, 1.82) is 0 Å². The summed E-state index contributed by atoms with van der Waals surface area (Å²) >= 11 is 5.90. The maximum Gasteiger partial charge on any atom is 0.231 e. The first-order valence-electron chi connectivity index (χ1n) is 5.24. The van der Waals surface area contributed by atoms with E-state index in [1.807, 2.05) is 0 Å². The topological polar surface area (TPSA) is 64.7 Å². The lowest BCUT2D eigenvalue weighted by molar-refractivity contribution is 0.173. The number of unbranched alkanes of at least 4 members (excludes halogenated alkanes) is 1. The van der Waals surface area contributed by atoms with E-state index in [4.69, 9.17) is 26.8 Å². The lowest BCUT2D eigenvalue weighted by atomic mass is 10.1. The van der Waals surface area contributed by atoms with Crippen molar-refractivity contribution in [2.24, 2.45) is 5.73 Å². The molecule has 0 radical (unpaired) electrons. The number of rotatable bonds is 4. The van der Waals surface area contributed by atoms with Gasteiger partial charge in [-0.15, -0.1) is 0 Å². The molecule has 0 amide bonds. The van der Waals surface area contributed by atoms with Gasteiger partial charge in [-0.2, -0.15) is 0 Å². The van der Waals surface area contributed by atoms with Gasteiger partial charge in [-0.25, -0.2) is 0 Å². The molecule has 1 aliphatic heterocycles. The zero-order valence-electron chi connectivity index (χ0n) is 8.83. The molecule has 1 aliphatic rings. The summed E-state index contributed by atoms with van der Waals surface area (Å²) in [6.07, 6.45) is 2.48. The molecule has 0 atom stereocenters. The van der Waals surface area contributed by atoms with Crippen molar-refractivity contribution in [3.05, 3.63) is 16.7 Å². The van der Waals surface area contributed by atoms with Gasteiger partial charge in [0.2, 0.25) is 6.79 Å². The molecule has 0 unspecified atom stereocenters. The van der Waals surface area contributed by atoms with Crippen LogP contribution in [0.1, 0.15) is 18.4 Å². The van der Waals surface area contributed by atoms with Crippen LogP contribution in [0.2, 0.25) is 5.02 Å². The zero-order valence-corrected chi connectivity index (χ0v) is 9.59. The summed E-state index contributed by atoms with van der Waals surface area (Å²) in [7, 11) is 0. The number of hydrogen-bond acceptors (Lipinski definition) is 4. The number of aromatic hydroxyl groups is 1. The van der Waals surface area contributed by atoms with Crippen molar-refractivity contribution in [1.82, 2.24) is 0 Å². The molecule has 1 heterocycles. The first-order valence-corrected chi connectivity index (χ1v) is 5.62. The maximum atomic E-state index is 9.86. The SMILES string of the molecule is NCCCCc1c(O)c(Cl)cc2c1OCO2. The van der Waals surface area contributed by atoms with E-state index in [-0.39, 0.29) is 12.5 Å². The van der Waals surface area contributed by atoms with Crippen molar-refractivity contribution in [3.63, 3.8) is 0 Å². The van der Waals surface area contributed by atoms with Gasteiger partial charge in [-0.1, -0.05) is 11.6 Å². The third-order valence-corrected chi connectivity index (χ3v) is 2.85. The zero-order chi connectivity index (χ0) is 11.5. The highest BCUT2D eigenvalue weighted by Gasteiger charge is 2.23. The van der Waals surface area contributed by atoms with Crippen LogP contribution in [0.4, 0.5) is 0 Å². The highest BCUT2D eigenvalue weighted by atomic mass is 35.5. The van der Waals surface area contributed by atoms with Gasteiger partial charge in [0, 0.05) is 11.6 Å². The maximum absolute atomic E-state index is 9.86. The van der Waals surface area contributed by atoms with E-state index < -0.39 is 0 Å². The average Bonchev–Trinajstić information content (AvgIpc) is 2.71. The van der Waals surface area contributed by atoms with Crippen LogP contribution in [0, 0.1) is 0 Å². The van der Waals surface area contributed by atoms with Gasteiger partial charge in [-0.3, -0.25) is 0 Å². The Morgan fingerprint density at radius 1 is 1.38 bits per heavy atom. The van der Waals surface area contributed by atoms with E-state index in [1.54, 1.807) is 6.07 Å². The fourth-order valence-corrected chi connectivity index (χ4v) is 1.96. The standard InChI is InChI=1S/C11H14ClNO3/c12-8-5-9-11(16-6-15-9)7(10(8)14)3-1-2-4-13/h5,14H,1-4,6,13H2. The van der Waals surface area contributed by atoms with E-state index >= 15 is 0 Å². The normalized spacial score (nSPS) is 13.1. The molecule has 0 fully saturated rings. The third-order valence-electron chi connectivity index (χ3n) is 2.57. The Morgan fingerprint density at radius 2 is 2.19 bits per heavy atom. The van der Waals surface area contributed by atoms with Crippen molar-refractivity contribution in [2.45, 2.75) is 19.3 Å². The molecule has 0 saturated heterocycles. The minimum Gasteiger partial charge on any atom is -0.506 e. The summed E-state index contributed by atoms with van der Waals surface area (Å²) in [5.74, 6) is 1.30. The Balaban J connectivity index is 2.27. The van der Waals surface area contributed by atoms with Crippen LogP contribution in [-0.2, 0) is 6.42 Å². The number of phenols is 1. The second-order valence-electron chi connectivity index (χ2n) is 3.67. The first kappa shape index (κ1) is 11.4. The van der Waals surface area contributed by atoms with Crippen LogP contribution in [0.3, 0.4) is 0 Å². The Kier molecular flexibility index (Phi) is 3.41. The molecule has 16 heavy (non-hydrogen) atoms. The van der Waals surface area contributed by atoms with Crippen LogP contribution in [-0.4, -0.2) is 18.4 Å². The summed E-state index contributed by atoms with van der Waals surface area (Å²) in [4.78, 5) is 0. The first-order chi connectivity index (χ1) is 7.74. The Morgan fingerprint density at radius 3 is 2.94 bits per heavy atom. The van der Waals surface area contributed by atoms with Crippen LogP contribution in [0.15, 0.2) is 6.07 Å². The molecule has 3 N–H and O–H groups in total. The molecule has 0 aliphatic carbocycles. The van der Waals surface area contributed by atoms with E-state index in [0.29, 0.717) is 35.1 Å². The third kappa shape index (κ3) is 2.03. The number of ether oxygens (including phenoxy) is 2. The number of hydrogen-bond donors (Lipinski definition) is 2. The Labute approximate surface area is 98.9 Å². The minimum absolute atomic E-state index is 0.0861. The summed E-state index contributed by atoms with van der Waals surface area (Å²) < 4.78 is 10.6. The second kappa shape index (κ2) is 4.80. The van der Waals surface area contributed by atoms with E-state index in [1.165, 1.54) is 0 Å². The lowest BCUT2D eigenvalue weighted by Crippen LogP contribution is -2.00. The lowest BCUT2D eigenvalue weighted by Gasteiger charge is -2.09. The number of benzene rings is 1. The van der Waals surface area contributed by atoms with Crippen molar-refractivity contribution in [3.8, 4) is 17.2 Å². The van der Waals surface area contributed by atoms with Gasteiger partial charge in [-0.05, 0) is 25.8 Å². The van der Waals surface area contributed by atoms with E-state index in [2.05, 4.69) is 0 Å². The fraction of sp³-hybridized carbons (Fsp3) is 0.455. The Hall–Kier alpha value is -1.13. The molecule has 1 aromatic rings. The average molecular weight is 244 g/mol. The molecular formula is C11H14ClNO3. The number of halogens is 1. The predicted octanol–water partition coefficient (Wildman–Crippen LogP) is 2.06. The molecule has 4 nitrogen and oxygen atoms in total. The number of phenolic OH excluding ortho intramolecular Hbond substituents is 1. The van der Waals surface area contributed by atoms with E-state index in [0.717, 1.165) is 12.8 Å². The van der Waals surface area contributed by atoms with Crippen LogP contribution >= 0.6 is 11.6 Å². The Bertz CT molecular complexity index is 395. The largest absolute Gasteiger partial charge is 0.506 e. The molecule has 1 aromatic carbocycles. The molecular weight excluding hydrogens is 230 g/mol. The highest BCUT2D eigenvalue weighted by Crippen LogP contribution is 2.45. The summed E-state index contributed by atoms with van der Waals surface area (Å²) in [6, 6.07) is 1.58. The van der Waals surface area contributed by atoms with Gasteiger partial charge >= 0.3 is 0 Å². The second-order valence-corrected chi connectivity index (χ2v) is 4.07. The molecule has 2 rings (SSSR count). The molecule has 0 saturated carbocycles.